The first kappa shape index (κ1) is 14.5. The molecule has 1 saturated heterocycles. The van der Waals surface area contributed by atoms with Crippen molar-refractivity contribution in [2.24, 2.45) is 0 Å². The summed E-state index contributed by atoms with van der Waals surface area (Å²) in [5.74, 6) is -0.155. The zero-order valence-corrected chi connectivity index (χ0v) is 11.7. The van der Waals surface area contributed by atoms with Crippen LogP contribution >= 0.6 is 0 Å². The van der Waals surface area contributed by atoms with Crippen LogP contribution in [0.25, 0.3) is 0 Å². The molecule has 1 aromatic carbocycles. The Morgan fingerprint density at radius 1 is 1.14 bits per heavy atom. The topological polar surface area (TPSA) is 24.5 Å². The number of nitrogens with zero attached hydrogens (tertiary/aromatic N) is 1. The lowest BCUT2D eigenvalue weighted by Gasteiger charge is -2.35. The second-order valence-electron chi connectivity index (χ2n) is 5.77. The minimum atomic E-state index is -4.64. The van der Waals surface area contributed by atoms with Gasteiger partial charge in [0.05, 0.1) is 0 Å². The standard InChI is InChI=1S/C15H19F3N2O/c16-15(17,18)21-14-5-1-4-13(9-14)20-8-2-3-12(10-20)19-11-6-7-11/h1,4-5,9,11-12,19H,2-3,6-8,10H2. The van der Waals surface area contributed by atoms with Gasteiger partial charge in [0, 0.05) is 36.9 Å². The normalized spacial score (nSPS) is 23.2. The van der Waals surface area contributed by atoms with E-state index in [4.69, 9.17) is 0 Å². The molecule has 1 aliphatic carbocycles. The highest BCUT2D eigenvalue weighted by molar-refractivity contribution is 5.51. The minimum Gasteiger partial charge on any atom is -0.406 e. The second-order valence-corrected chi connectivity index (χ2v) is 5.77. The van der Waals surface area contributed by atoms with Crippen LogP contribution in [-0.4, -0.2) is 31.5 Å². The molecule has 3 rings (SSSR count). The van der Waals surface area contributed by atoms with E-state index in [0.717, 1.165) is 31.6 Å². The van der Waals surface area contributed by atoms with Crippen molar-refractivity contribution >= 4 is 5.69 Å². The van der Waals surface area contributed by atoms with Crippen LogP contribution in [0.1, 0.15) is 25.7 Å². The monoisotopic (exact) mass is 300 g/mol. The number of rotatable bonds is 4. The maximum atomic E-state index is 12.3. The number of anilines is 1. The molecular weight excluding hydrogens is 281 g/mol. The van der Waals surface area contributed by atoms with Gasteiger partial charge in [-0.05, 0) is 37.8 Å². The van der Waals surface area contributed by atoms with E-state index in [1.54, 1.807) is 6.07 Å². The first-order valence-corrected chi connectivity index (χ1v) is 7.36. The Hall–Kier alpha value is -1.43. The highest BCUT2D eigenvalue weighted by Crippen LogP contribution is 2.29. The fraction of sp³-hybridized carbons (Fsp3) is 0.600. The molecule has 0 amide bonds. The number of hydrogen-bond acceptors (Lipinski definition) is 3. The van der Waals surface area contributed by atoms with E-state index >= 15 is 0 Å². The van der Waals surface area contributed by atoms with E-state index < -0.39 is 6.36 Å². The van der Waals surface area contributed by atoms with Crippen LogP contribution < -0.4 is 15.0 Å². The van der Waals surface area contributed by atoms with Crippen LogP contribution in [0.2, 0.25) is 0 Å². The van der Waals surface area contributed by atoms with Crippen molar-refractivity contribution < 1.29 is 17.9 Å². The van der Waals surface area contributed by atoms with Gasteiger partial charge in [0.1, 0.15) is 5.75 Å². The molecule has 2 aliphatic rings. The van der Waals surface area contributed by atoms with E-state index in [1.807, 2.05) is 6.07 Å². The quantitative estimate of drug-likeness (QED) is 0.923. The Morgan fingerprint density at radius 3 is 2.67 bits per heavy atom. The molecule has 116 valence electrons. The highest BCUT2D eigenvalue weighted by Gasteiger charge is 2.31. The fourth-order valence-corrected chi connectivity index (χ4v) is 2.81. The Balaban J connectivity index is 1.65. The molecule has 1 atom stereocenters. The Morgan fingerprint density at radius 2 is 1.95 bits per heavy atom. The summed E-state index contributed by atoms with van der Waals surface area (Å²) in [4.78, 5) is 2.13. The predicted molar refractivity (Wildman–Crippen MR) is 74.5 cm³/mol. The molecule has 0 aromatic heterocycles. The average molecular weight is 300 g/mol. The van der Waals surface area contributed by atoms with Crippen molar-refractivity contribution in [2.45, 2.75) is 44.1 Å². The van der Waals surface area contributed by atoms with Gasteiger partial charge in [-0.25, -0.2) is 0 Å². The Bertz CT molecular complexity index is 488. The van der Waals surface area contributed by atoms with Gasteiger partial charge in [0.2, 0.25) is 0 Å². The largest absolute Gasteiger partial charge is 0.573 e. The van der Waals surface area contributed by atoms with Crippen molar-refractivity contribution in [3.05, 3.63) is 24.3 Å². The summed E-state index contributed by atoms with van der Waals surface area (Å²) in [6.45, 7) is 1.71. The van der Waals surface area contributed by atoms with Crippen LogP contribution in [0.5, 0.6) is 5.75 Å². The number of halogens is 3. The predicted octanol–water partition coefficient (Wildman–Crippen LogP) is 3.31. The van der Waals surface area contributed by atoms with Gasteiger partial charge in [-0.2, -0.15) is 0 Å². The molecule has 1 N–H and O–H groups in total. The Kier molecular flexibility index (Phi) is 3.97. The molecule has 2 fully saturated rings. The van der Waals surface area contributed by atoms with E-state index in [-0.39, 0.29) is 5.75 Å². The first-order valence-electron chi connectivity index (χ1n) is 7.36. The van der Waals surface area contributed by atoms with Crippen molar-refractivity contribution in [1.82, 2.24) is 5.32 Å². The molecule has 0 radical (unpaired) electrons. The van der Waals surface area contributed by atoms with Crippen molar-refractivity contribution in [3.63, 3.8) is 0 Å². The van der Waals surface area contributed by atoms with E-state index in [1.165, 1.54) is 25.0 Å². The molecule has 3 nitrogen and oxygen atoms in total. The maximum Gasteiger partial charge on any atom is 0.573 e. The number of piperidine rings is 1. The van der Waals surface area contributed by atoms with Crippen LogP contribution in [0.4, 0.5) is 18.9 Å². The van der Waals surface area contributed by atoms with Crippen molar-refractivity contribution in [3.8, 4) is 5.75 Å². The summed E-state index contributed by atoms with van der Waals surface area (Å²) in [5, 5.41) is 3.59. The highest BCUT2D eigenvalue weighted by atomic mass is 19.4. The van der Waals surface area contributed by atoms with Crippen LogP contribution in [0.15, 0.2) is 24.3 Å². The lowest BCUT2D eigenvalue weighted by Crippen LogP contribution is -2.46. The summed E-state index contributed by atoms with van der Waals surface area (Å²) in [5.41, 5.74) is 0.791. The van der Waals surface area contributed by atoms with E-state index in [2.05, 4.69) is 15.0 Å². The van der Waals surface area contributed by atoms with Gasteiger partial charge in [0.25, 0.3) is 0 Å². The Labute approximate surface area is 122 Å². The number of alkyl halides is 3. The summed E-state index contributed by atoms with van der Waals surface area (Å²) < 4.78 is 40.8. The van der Waals surface area contributed by atoms with Gasteiger partial charge in [-0.15, -0.1) is 13.2 Å². The number of hydrogen-bond donors (Lipinski definition) is 1. The molecule has 1 heterocycles. The summed E-state index contributed by atoms with van der Waals surface area (Å²) in [6.07, 6.45) is 0.0217. The third-order valence-electron chi connectivity index (χ3n) is 3.89. The molecule has 21 heavy (non-hydrogen) atoms. The third-order valence-corrected chi connectivity index (χ3v) is 3.89. The van der Waals surface area contributed by atoms with Gasteiger partial charge in [-0.1, -0.05) is 6.07 Å². The zero-order chi connectivity index (χ0) is 14.9. The fourth-order valence-electron chi connectivity index (χ4n) is 2.81. The van der Waals surface area contributed by atoms with Crippen LogP contribution in [0, 0.1) is 0 Å². The summed E-state index contributed by atoms with van der Waals surface area (Å²) >= 11 is 0. The molecule has 6 heteroatoms. The molecule has 1 aromatic rings. The molecule has 0 bridgehead atoms. The smallest absolute Gasteiger partial charge is 0.406 e. The van der Waals surface area contributed by atoms with E-state index in [9.17, 15) is 13.2 Å². The van der Waals surface area contributed by atoms with Crippen LogP contribution in [0.3, 0.4) is 0 Å². The number of ether oxygens (including phenoxy) is 1. The first-order chi connectivity index (χ1) is 9.99. The lowest BCUT2D eigenvalue weighted by atomic mass is 10.0. The van der Waals surface area contributed by atoms with Crippen molar-refractivity contribution in [1.29, 1.82) is 0 Å². The van der Waals surface area contributed by atoms with Crippen molar-refractivity contribution in [2.75, 3.05) is 18.0 Å². The molecule has 1 saturated carbocycles. The molecule has 1 unspecified atom stereocenters. The van der Waals surface area contributed by atoms with Gasteiger partial charge in [0.15, 0.2) is 0 Å². The number of benzene rings is 1. The average Bonchev–Trinajstić information content (AvgIpc) is 3.21. The minimum absolute atomic E-state index is 0.155. The van der Waals surface area contributed by atoms with E-state index in [0.29, 0.717) is 12.1 Å². The second kappa shape index (κ2) is 5.75. The third kappa shape index (κ3) is 4.27. The summed E-state index contributed by atoms with van der Waals surface area (Å²) in [6, 6.07) is 7.32. The zero-order valence-electron chi connectivity index (χ0n) is 11.7. The lowest BCUT2D eigenvalue weighted by molar-refractivity contribution is -0.274. The SMILES string of the molecule is FC(F)(F)Oc1cccc(N2CCCC(NC3CC3)C2)c1. The molecule has 0 spiro atoms. The molecular formula is C15H19F3N2O. The van der Waals surface area contributed by atoms with Crippen LogP contribution in [-0.2, 0) is 0 Å². The summed E-state index contributed by atoms with van der Waals surface area (Å²) in [7, 11) is 0. The number of nitrogens with one attached hydrogen (secondary N) is 1. The van der Waals surface area contributed by atoms with Gasteiger partial charge < -0.3 is 15.0 Å². The molecule has 1 aliphatic heterocycles. The van der Waals surface area contributed by atoms with Gasteiger partial charge >= 0.3 is 6.36 Å². The van der Waals surface area contributed by atoms with Gasteiger partial charge in [-0.3, -0.25) is 0 Å². The maximum absolute atomic E-state index is 12.3.